The molecule has 2 amide bonds. The van der Waals surface area contributed by atoms with Gasteiger partial charge in [0.2, 0.25) is 0 Å². The molecular formula is C9H12N6O. The number of aromatic nitrogens is 1. The largest absolute Gasteiger partial charge is 0.398 e. The molecule has 0 fully saturated rings. The van der Waals surface area contributed by atoms with E-state index in [1.807, 2.05) is 0 Å². The predicted molar refractivity (Wildman–Crippen MR) is 63.1 cm³/mol. The average molecular weight is 220 g/mol. The highest BCUT2D eigenvalue weighted by atomic mass is 16.2. The van der Waals surface area contributed by atoms with E-state index in [0.717, 1.165) is 0 Å². The minimum atomic E-state index is -0.608. The summed E-state index contributed by atoms with van der Waals surface area (Å²) in [4.78, 5) is 18.0. The summed E-state index contributed by atoms with van der Waals surface area (Å²) in [5.41, 5.74) is 6.50. The number of rotatable bonds is 2. The topological polar surface area (TPSA) is 116 Å². The van der Waals surface area contributed by atoms with Gasteiger partial charge in [0.1, 0.15) is 11.7 Å². The summed E-state index contributed by atoms with van der Waals surface area (Å²) in [6.45, 7) is 3.07. The quantitative estimate of drug-likeness (QED) is 0.427. The molecule has 1 rings (SSSR count). The average Bonchev–Trinajstić information content (AvgIpc) is 2.28. The summed E-state index contributed by atoms with van der Waals surface area (Å²) >= 11 is 0. The molecule has 84 valence electrons. The molecule has 0 atom stereocenters. The molecule has 1 aromatic rings. The smallest absolute Gasteiger partial charge is 0.345 e. The minimum absolute atomic E-state index is 0.157. The number of hydrogen-bond donors (Lipinski definition) is 4. The maximum absolute atomic E-state index is 10.9. The van der Waals surface area contributed by atoms with Crippen molar-refractivity contribution in [3.63, 3.8) is 0 Å². The van der Waals surface area contributed by atoms with E-state index in [4.69, 9.17) is 11.1 Å². The van der Waals surface area contributed by atoms with Crippen LogP contribution in [0.4, 0.5) is 16.3 Å². The molecule has 1 aromatic heterocycles. The number of aliphatic imine (C=N–C) groups is 1. The normalized spacial score (nSPS) is 9.31. The van der Waals surface area contributed by atoms with Crippen LogP contribution in [0.3, 0.4) is 0 Å². The maximum Gasteiger partial charge on any atom is 0.345 e. The van der Waals surface area contributed by atoms with Crippen LogP contribution in [0.1, 0.15) is 5.56 Å². The fourth-order valence-electron chi connectivity index (χ4n) is 1.03. The standard InChI is InChI=1S/C9H12N6O/c1-12-8(11)5-4-14-7(3-6(5)10)15-9(16)13-2/h3-4H,2H2,1H3,(H2,11,12)(H3,10,14,15,16). The van der Waals surface area contributed by atoms with E-state index in [2.05, 4.69) is 27.3 Å². The monoisotopic (exact) mass is 220 g/mol. The van der Waals surface area contributed by atoms with Gasteiger partial charge in [-0.1, -0.05) is 0 Å². The Hall–Kier alpha value is -2.44. The lowest BCUT2D eigenvalue weighted by atomic mass is 10.2. The van der Waals surface area contributed by atoms with Crippen LogP contribution in [0.5, 0.6) is 0 Å². The van der Waals surface area contributed by atoms with Crippen molar-refractivity contribution in [3.8, 4) is 0 Å². The summed E-state index contributed by atoms with van der Waals surface area (Å²) in [5.74, 6) is 0.423. The summed E-state index contributed by atoms with van der Waals surface area (Å²) < 4.78 is 0. The van der Waals surface area contributed by atoms with Crippen LogP contribution in [0.2, 0.25) is 0 Å². The number of nitrogens with two attached hydrogens (primary N) is 1. The van der Waals surface area contributed by atoms with Gasteiger partial charge in [0, 0.05) is 25.0 Å². The minimum Gasteiger partial charge on any atom is -0.398 e. The van der Waals surface area contributed by atoms with E-state index in [-0.39, 0.29) is 11.7 Å². The van der Waals surface area contributed by atoms with Gasteiger partial charge in [-0.3, -0.25) is 10.7 Å². The molecule has 0 radical (unpaired) electrons. The maximum atomic E-state index is 10.9. The number of pyridine rings is 1. The van der Waals surface area contributed by atoms with Crippen LogP contribution >= 0.6 is 0 Å². The highest BCUT2D eigenvalue weighted by Gasteiger charge is 2.07. The highest BCUT2D eigenvalue weighted by molar-refractivity contribution is 6.01. The summed E-state index contributed by atoms with van der Waals surface area (Å²) in [6.07, 6.45) is 1.40. The molecule has 5 N–H and O–H groups in total. The molecule has 7 nitrogen and oxygen atoms in total. The molecule has 0 saturated heterocycles. The molecular weight excluding hydrogens is 208 g/mol. The zero-order chi connectivity index (χ0) is 12.1. The second-order valence-electron chi connectivity index (χ2n) is 2.87. The van der Waals surface area contributed by atoms with Gasteiger partial charge in [-0.05, 0) is 6.72 Å². The third kappa shape index (κ3) is 2.53. The van der Waals surface area contributed by atoms with E-state index in [1.54, 1.807) is 7.05 Å². The molecule has 16 heavy (non-hydrogen) atoms. The number of hydrogen-bond acceptors (Lipinski definition) is 4. The number of anilines is 2. The molecule has 0 aliphatic rings. The van der Waals surface area contributed by atoms with Crippen molar-refractivity contribution in [1.82, 2.24) is 10.3 Å². The number of amidine groups is 1. The van der Waals surface area contributed by atoms with Crippen LogP contribution in [0, 0.1) is 5.41 Å². The first-order chi connectivity index (χ1) is 7.58. The number of amides is 2. The first-order valence-corrected chi connectivity index (χ1v) is 4.38. The van der Waals surface area contributed by atoms with Crippen LogP contribution in [-0.4, -0.2) is 30.6 Å². The van der Waals surface area contributed by atoms with Gasteiger partial charge in [0.25, 0.3) is 0 Å². The van der Waals surface area contributed by atoms with Crippen molar-refractivity contribution in [2.24, 2.45) is 4.99 Å². The number of carbonyl (C=O) groups is 1. The van der Waals surface area contributed by atoms with Gasteiger partial charge < -0.3 is 11.1 Å². The number of nitrogens with one attached hydrogen (secondary N) is 3. The lowest BCUT2D eigenvalue weighted by Gasteiger charge is -2.08. The Kier molecular flexibility index (Phi) is 3.54. The zero-order valence-corrected chi connectivity index (χ0v) is 8.74. The molecule has 1 heterocycles. The Morgan fingerprint density at radius 1 is 1.69 bits per heavy atom. The second kappa shape index (κ2) is 4.87. The first kappa shape index (κ1) is 11.6. The molecule has 0 aliphatic heterocycles. The van der Waals surface area contributed by atoms with Crippen LogP contribution in [0.15, 0.2) is 17.3 Å². The van der Waals surface area contributed by atoms with Crippen molar-refractivity contribution in [2.75, 3.05) is 18.1 Å². The summed E-state index contributed by atoms with van der Waals surface area (Å²) in [7, 11) is 1.61. The van der Waals surface area contributed by atoms with Crippen molar-refractivity contribution in [1.29, 1.82) is 5.41 Å². The first-order valence-electron chi connectivity index (χ1n) is 4.38. The van der Waals surface area contributed by atoms with E-state index < -0.39 is 6.03 Å². The second-order valence-corrected chi connectivity index (χ2v) is 2.87. The third-order valence-corrected chi connectivity index (χ3v) is 1.83. The Morgan fingerprint density at radius 2 is 2.38 bits per heavy atom. The summed E-state index contributed by atoms with van der Waals surface area (Å²) in [6, 6.07) is 0.841. The van der Waals surface area contributed by atoms with E-state index in [9.17, 15) is 4.79 Å². The molecule has 0 bridgehead atoms. The van der Waals surface area contributed by atoms with Crippen molar-refractivity contribution in [3.05, 3.63) is 17.8 Å². The van der Waals surface area contributed by atoms with Gasteiger partial charge in [-0.15, -0.1) is 0 Å². The van der Waals surface area contributed by atoms with Crippen molar-refractivity contribution in [2.45, 2.75) is 0 Å². The molecule has 0 aromatic carbocycles. The molecule has 7 heteroatoms. The van der Waals surface area contributed by atoms with Crippen LogP contribution in [0.25, 0.3) is 0 Å². The van der Waals surface area contributed by atoms with E-state index in [0.29, 0.717) is 11.3 Å². The number of urea groups is 1. The van der Waals surface area contributed by atoms with Gasteiger partial charge in [-0.25, -0.2) is 14.8 Å². The lowest BCUT2D eigenvalue weighted by Crippen LogP contribution is -2.20. The number of carbonyl (C=O) groups excluding carboxylic acids is 1. The van der Waals surface area contributed by atoms with Gasteiger partial charge >= 0.3 is 6.03 Å². The van der Waals surface area contributed by atoms with E-state index in [1.165, 1.54) is 12.3 Å². The van der Waals surface area contributed by atoms with Crippen molar-refractivity contribution < 1.29 is 4.79 Å². The van der Waals surface area contributed by atoms with Crippen LogP contribution in [-0.2, 0) is 0 Å². The third-order valence-electron chi connectivity index (χ3n) is 1.83. The number of nitrogen functional groups attached to an aromatic ring is 1. The van der Waals surface area contributed by atoms with Gasteiger partial charge in [0.05, 0.1) is 5.56 Å². The molecule has 0 aliphatic carbocycles. The van der Waals surface area contributed by atoms with Gasteiger partial charge in [0.15, 0.2) is 0 Å². The number of nitrogens with zero attached hydrogens (tertiary/aromatic N) is 2. The fourth-order valence-corrected chi connectivity index (χ4v) is 1.03. The van der Waals surface area contributed by atoms with Gasteiger partial charge in [-0.2, -0.15) is 0 Å². The Morgan fingerprint density at radius 3 is 2.88 bits per heavy atom. The fraction of sp³-hybridized carbons (Fsp3) is 0.111. The highest BCUT2D eigenvalue weighted by Crippen LogP contribution is 2.14. The predicted octanol–water partition coefficient (Wildman–Crippen LogP) is 0.441. The Bertz CT molecular complexity index is 442. The molecule has 0 unspecified atom stereocenters. The Balaban J connectivity index is 2.95. The molecule has 0 saturated carbocycles. The van der Waals surface area contributed by atoms with Crippen molar-refractivity contribution >= 4 is 30.1 Å². The van der Waals surface area contributed by atoms with E-state index >= 15 is 0 Å². The molecule has 0 spiro atoms. The summed E-state index contributed by atoms with van der Waals surface area (Å²) in [5, 5.41) is 12.5. The van der Waals surface area contributed by atoms with Crippen LogP contribution < -0.4 is 16.4 Å². The SMILES string of the molecule is C=NC(=O)Nc1cc(N)c(C(=N)NC)cn1. The lowest BCUT2D eigenvalue weighted by molar-refractivity contribution is 0.259. The zero-order valence-electron chi connectivity index (χ0n) is 8.74. The Labute approximate surface area is 92.3 Å².